The van der Waals surface area contributed by atoms with Gasteiger partial charge in [-0.2, -0.15) is 23.1 Å². The van der Waals surface area contributed by atoms with Crippen LogP contribution in [0.25, 0.3) is 22.2 Å². The Morgan fingerprint density at radius 1 is 1.09 bits per heavy atom. The van der Waals surface area contributed by atoms with Crippen molar-refractivity contribution >= 4 is 46.2 Å². The molecule has 2 aromatic heterocycles. The zero-order valence-corrected chi connectivity index (χ0v) is 26.0. The molecule has 2 atom stereocenters. The second-order valence-corrected chi connectivity index (χ2v) is 11.4. The number of amides is 1. The number of likely N-dealkylation sites (N-methyl/N-ethyl adjacent to an activating group) is 1. The predicted molar refractivity (Wildman–Crippen MR) is 165 cm³/mol. The van der Waals surface area contributed by atoms with Crippen molar-refractivity contribution in [2.75, 3.05) is 64.2 Å². The van der Waals surface area contributed by atoms with E-state index < -0.39 is 29.5 Å². The summed E-state index contributed by atoms with van der Waals surface area (Å²) in [5.41, 5.74) is 4.61. The Balaban J connectivity index is 1.51. The van der Waals surface area contributed by atoms with Crippen LogP contribution in [0.5, 0.6) is 6.01 Å². The van der Waals surface area contributed by atoms with Crippen molar-refractivity contribution < 1.29 is 37.0 Å². The van der Waals surface area contributed by atoms with Crippen LogP contribution in [0.15, 0.2) is 36.9 Å². The first-order valence-corrected chi connectivity index (χ1v) is 14.8. The highest BCUT2D eigenvalue weighted by Gasteiger charge is 2.36. The molecule has 0 bridgehead atoms. The quantitative estimate of drug-likeness (QED) is 0.209. The van der Waals surface area contributed by atoms with Gasteiger partial charge >= 0.3 is 24.2 Å². The molecule has 0 spiro atoms. The molecular formula is C30H33ClF3N7O5. The van der Waals surface area contributed by atoms with Crippen LogP contribution in [0.4, 0.5) is 29.6 Å². The van der Waals surface area contributed by atoms with Crippen LogP contribution in [0.3, 0.4) is 0 Å². The van der Waals surface area contributed by atoms with Gasteiger partial charge in [-0.1, -0.05) is 18.2 Å². The first-order valence-electron chi connectivity index (χ1n) is 14.5. The summed E-state index contributed by atoms with van der Waals surface area (Å²) in [4.78, 5) is 42.5. The van der Waals surface area contributed by atoms with Crippen LogP contribution >= 0.6 is 11.6 Å². The third-order valence-electron chi connectivity index (χ3n) is 8.16. The van der Waals surface area contributed by atoms with Crippen molar-refractivity contribution in [1.29, 1.82) is 0 Å². The number of hydrogen-bond donors (Lipinski definition) is 1. The van der Waals surface area contributed by atoms with Crippen LogP contribution in [0.1, 0.15) is 18.4 Å². The number of aromatic nitrogens is 3. The van der Waals surface area contributed by atoms with Crippen molar-refractivity contribution in [3.05, 3.63) is 47.5 Å². The number of halogens is 4. The Bertz CT molecular complexity index is 1630. The van der Waals surface area contributed by atoms with E-state index >= 15 is 0 Å². The molecular weight excluding hydrogens is 631 g/mol. The zero-order chi connectivity index (χ0) is 33.2. The van der Waals surface area contributed by atoms with Crippen LogP contribution < -0.4 is 15.4 Å². The van der Waals surface area contributed by atoms with Gasteiger partial charge in [0.1, 0.15) is 18.2 Å². The molecule has 4 heterocycles. The van der Waals surface area contributed by atoms with E-state index in [1.54, 1.807) is 7.11 Å². The number of nitrogens with zero attached hydrogens (tertiary/aromatic N) is 6. The molecule has 0 saturated carbocycles. The molecule has 2 N–H and O–H groups in total. The number of carbonyl (C=O) groups excluding carboxylic acids is 2. The maximum absolute atomic E-state index is 14.0. The molecule has 1 aromatic carbocycles. The minimum atomic E-state index is -4.72. The van der Waals surface area contributed by atoms with E-state index in [-0.39, 0.29) is 59.7 Å². The van der Waals surface area contributed by atoms with Gasteiger partial charge in [0.2, 0.25) is 0 Å². The van der Waals surface area contributed by atoms with Crippen molar-refractivity contribution in [2.24, 2.45) is 0 Å². The van der Waals surface area contributed by atoms with Crippen molar-refractivity contribution in [1.82, 2.24) is 24.8 Å². The second kappa shape index (κ2) is 13.6. The largest absolute Gasteiger partial charge is 0.462 e. The molecule has 5 rings (SSSR count). The molecule has 1 amide bonds. The summed E-state index contributed by atoms with van der Waals surface area (Å²) < 4.78 is 58.1. The third kappa shape index (κ3) is 7.11. The lowest BCUT2D eigenvalue weighted by Gasteiger charge is -2.35. The van der Waals surface area contributed by atoms with Gasteiger partial charge in [-0.3, -0.25) is 4.90 Å². The van der Waals surface area contributed by atoms with Crippen LogP contribution in [-0.4, -0.2) is 102 Å². The average molecular weight is 664 g/mol. The number of rotatable bonds is 8. The van der Waals surface area contributed by atoms with E-state index in [1.807, 2.05) is 11.9 Å². The lowest BCUT2D eigenvalue weighted by molar-refractivity contribution is -0.137. The molecule has 16 heteroatoms. The monoisotopic (exact) mass is 663 g/mol. The Morgan fingerprint density at radius 3 is 2.43 bits per heavy atom. The Morgan fingerprint density at radius 2 is 1.78 bits per heavy atom. The Labute approximate surface area is 267 Å². The van der Waals surface area contributed by atoms with Gasteiger partial charge in [0, 0.05) is 62.4 Å². The summed E-state index contributed by atoms with van der Waals surface area (Å²) in [6, 6.07) is 5.18. The molecule has 2 aliphatic heterocycles. The fraction of sp³-hybridized carbons (Fsp3) is 0.433. The number of esters is 1. The maximum atomic E-state index is 14.0. The van der Waals surface area contributed by atoms with Crippen LogP contribution in [0, 0.1) is 0 Å². The summed E-state index contributed by atoms with van der Waals surface area (Å²) >= 11 is 6.61. The maximum Gasteiger partial charge on any atom is 0.418 e. The number of benzene rings is 1. The number of fused-ring (bicyclic) bond motifs is 1. The van der Waals surface area contributed by atoms with E-state index in [2.05, 4.69) is 26.4 Å². The van der Waals surface area contributed by atoms with Gasteiger partial charge in [-0.05, 0) is 44.2 Å². The van der Waals surface area contributed by atoms with Crippen LogP contribution in [0.2, 0.25) is 5.02 Å². The van der Waals surface area contributed by atoms with Crippen molar-refractivity contribution in [2.45, 2.75) is 31.1 Å². The molecule has 12 nitrogen and oxygen atoms in total. The lowest BCUT2D eigenvalue weighted by atomic mass is 10.0. The van der Waals surface area contributed by atoms with Crippen LogP contribution in [-0.2, 0) is 20.4 Å². The van der Waals surface area contributed by atoms with Crippen molar-refractivity contribution in [3.8, 4) is 17.3 Å². The predicted octanol–water partition coefficient (Wildman–Crippen LogP) is 4.41. The summed E-state index contributed by atoms with van der Waals surface area (Å²) in [6.45, 7) is 5.14. The molecule has 0 aliphatic carbocycles. The molecule has 2 saturated heterocycles. The van der Waals surface area contributed by atoms with E-state index in [4.69, 9.17) is 31.5 Å². The van der Waals surface area contributed by atoms with Gasteiger partial charge in [0.05, 0.1) is 28.4 Å². The highest BCUT2D eigenvalue weighted by Crippen LogP contribution is 2.41. The molecule has 2 fully saturated rings. The highest BCUT2D eigenvalue weighted by atomic mass is 35.5. The van der Waals surface area contributed by atoms with Gasteiger partial charge in [-0.15, -0.1) is 0 Å². The molecule has 246 valence electrons. The minimum absolute atomic E-state index is 0.0122. The van der Waals surface area contributed by atoms with Gasteiger partial charge in [0.25, 0.3) is 0 Å². The Kier molecular flexibility index (Phi) is 9.84. The second-order valence-electron chi connectivity index (χ2n) is 11.0. The normalized spacial score (nSPS) is 19.0. The topological polar surface area (TPSA) is 136 Å². The summed E-state index contributed by atoms with van der Waals surface area (Å²) in [6.07, 6.45) is -2.80. The van der Waals surface area contributed by atoms with E-state index in [0.29, 0.717) is 30.9 Å². The number of pyridine rings is 1. The molecule has 3 aromatic rings. The number of hydrogen-bond acceptors (Lipinski definition) is 11. The van der Waals surface area contributed by atoms with Gasteiger partial charge < -0.3 is 29.7 Å². The number of carbonyl (C=O) groups is 2. The number of alkyl halides is 3. The Hall–Kier alpha value is -4.21. The first kappa shape index (κ1) is 33.2. The van der Waals surface area contributed by atoms with Gasteiger partial charge in [0.15, 0.2) is 0 Å². The van der Waals surface area contributed by atoms with Crippen molar-refractivity contribution in [3.63, 3.8) is 0 Å². The minimum Gasteiger partial charge on any atom is -0.462 e. The van der Waals surface area contributed by atoms with E-state index in [1.165, 1.54) is 17.0 Å². The summed E-state index contributed by atoms with van der Waals surface area (Å²) in [5, 5.41) is 0.436. The third-order valence-corrected chi connectivity index (χ3v) is 8.47. The van der Waals surface area contributed by atoms with E-state index in [9.17, 15) is 22.8 Å². The summed E-state index contributed by atoms with van der Waals surface area (Å²) in [5.74, 6) is -0.547. The molecule has 2 aliphatic rings. The fourth-order valence-electron chi connectivity index (χ4n) is 5.66. The number of likely N-dealkylation sites (tertiary alicyclic amines) is 1. The molecule has 0 radical (unpaired) electrons. The number of ether oxygens (including phenoxy) is 3. The molecule has 46 heavy (non-hydrogen) atoms. The zero-order valence-electron chi connectivity index (χ0n) is 25.2. The first-order chi connectivity index (χ1) is 21.9. The molecule has 2 unspecified atom stereocenters. The summed E-state index contributed by atoms with van der Waals surface area (Å²) in [7, 11) is 3.65. The number of nitrogens with two attached hydrogens (primary N) is 1. The highest BCUT2D eigenvalue weighted by molar-refractivity contribution is 6.34. The fourth-order valence-corrected chi connectivity index (χ4v) is 5.91. The van der Waals surface area contributed by atoms with Gasteiger partial charge in [-0.25, -0.2) is 14.6 Å². The number of nitrogen functional groups attached to an aromatic ring is 1. The number of piperazine rings is 1. The average Bonchev–Trinajstić information content (AvgIpc) is 3.37. The standard InChI is InChI=1S/C30H33ClF3N7O5/c1-4-25(42)46-29(43)41-11-9-40(10-12-41)27-20-13-22(31)19(26-21(30(32,33)34)7-8-24(35)37-26)14-23(20)36-28(38-27)45-16-18-6-5-17(15-44-3)39(18)2/h4,7-8,13-14,17-18H,1,5-6,9-12,15-16H2,2-3H3,(H2,35,37). The number of methoxy groups -OCH3 is 1. The number of anilines is 2. The van der Waals surface area contributed by atoms with E-state index in [0.717, 1.165) is 31.1 Å². The SMILES string of the molecule is C=CC(=O)OC(=O)N1CCN(c2nc(OCC3CCC(COC)N3C)nc3cc(-c4nc(N)ccc4C(F)(F)F)c(Cl)cc23)CC1. The smallest absolute Gasteiger partial charge is 0.418 e. The lowest BCUT2D eigenvalue weighted by Crippen LogP contribution is -2.49.